The smallest absolute Gasteiger partial charge is 0.128 e. The molecule has 0 atom stereocenters. The van der Waals surface area contributed by atoms with E-state index in [1.54, 1.807) is 11.3 Å². The van der Waals surface area contributed by atoms with E-state index >= 15 is 0 Å². The Morgan fingerprint density at radius 2 is 2.23 bits per heavy atom. The van der Waals surface area contributed by atoms with E-state index in [0.29, 0.717) is 5.75 Å². The molecule has 2 aromatic rings. The lowest BCUT2D eigenvalue weighted by molar-refractivity contribution is 0.475. The fourth-order valence-corrected chi connectivity index (χ4v) is 3.33. The number of aryl methyl sites for hydroxylation is 1. The Bertz CT molecular complexity index is 447. The normalized spacial score (nSPS) is 10.9. The predicted octanol–water partition coefficient (Wildman–Crippen LogP) is 3.77. The number of phenols is 1. The second-order valence-electron chi connectivity index (χ2n) is 2.88. The van der Waals surface area contributed by atoms with Gasteiger partial charge in [-0.25, -0.2) is 0 Å². The monoisotopic (exact) mass is 304 g/mol. The van der Waals surface area contributed by atoms with Crippen molar-refractivity contribution in [2.45, 2.75) is 13.3 Å². The molecular weight excluding hydrogens is 295 g/mol. The number of benzene rings is 1. The topological polar surface area (TPSA) is 20.2 Å². The van der Waals surface area contributed by atoms with Gasteiger partial charge in [0.05, 0.1) is 0 Å². The number of halogens is 1. The third-order valence-electron chi connectivity index (χ3n) is 2.13. The zero-order valence-electron chi connectivity index (χ0n) is 7.17. The van der Waals surface area contributed by atoms with Gasteiger partial charge in [-0.2, -0.15) is 0 Å². The Morgan fingerprint density at radius 3 is 2.92 bits per heavy atom. The van der Waals surface area contributed by atoms with Crippen molar-refractivity contribution in [2.75, 3.05) is 0 Å². The lowest BCUT2D eigenvalue weighted by Gasteiger charge is -2.02. The van der Waals surface area contributed by atoms with Crippen molar-refractivity contribution in [1.82, 2.24) is 0 Å². The van der Waals surface area contributed by atoms with Gasteiger partial charge in [-0.3, -0.25) is 0 Å². The van der Waals surface area contributed by atoms with E-state index in [-0.39, 0.29) is 0 Å². The van der Waals surface area contributed by atoms with E-state index in [1.807, 2.05) is 6.07 Å². The molecule has 0 bridgehead atoms. The van der Waals surface area contributed by atoms with Crippen LogP contribution in [0.15, 0.2) is 17.5 Å². The van der Waals surface area contributed by atoms with E-state index in [4.69, 9.17) is 0 Å². The third kappa shape index (κ3) is 1.44. The lowest BCUT2D eigenvalue weighted by Crippen LogP contribution is -1.81. The molecule has 0 amide bonds. The summed E-state index contributed by atoms with van der Waals surface area (Å²) in [6.07, 6.45) is 0.883. The number of rotatable bonds is 1. The van der Waals surface area contributed by atoms with E-state index < -0.39 is 0 Å². The van der Waals surface area contributed by atoms with Crippen LogP contribution in [0.1, 0.15) is 12.5 Å². The van der Waals surface area contributed by atoms with Crippen LogP contribution in [-0.4, -0.2) is 5.11 Å². The van der Waals surface area contributed by atoms with Crippen LogP contribution in [-0.2, 0) is 6.42 Å². The summed E-state index contributed by atoms with van der Waals surface area (Å²) in [4.78, 5) is 0. The molecule has 68 valence electrons. The highest BCUT2D eigenvalue weighted by Crippen LogP contribution is 2.36. The molecule has 0 radical (unpaired) electrons. The first-order valence-corrected chi connectivity index (χ1v) is 6.07. The molecule has 2 rings (SSSR count). The summed E-state index contributed by atoms with van der Waals surface area (Å²) < 4.78 is 2.31. The van der Waals surface area contributed by atoms with Gasteiger partial charge in [-0.1, -0.05) is 13.0 Å². The lowest BCUT2D eigenvalue weighted by atomic mass is 10.1. The van der Waals surface area contributed by atoms with Gasteiger partial charge in [0, 0.05) is 19.0 Å². The van der Waals surface area contributed by atoms with Crippen LogP contribution >= 0.6 is 33.9 Å². The number of hydrogen-bond acceptors (Lipinski definition) is 2. The average molecular weight is 304 g/mol. The SMILES string of the molecule is CCc1ccc2scc(I)c2c1O. The second kappa shape index (κ2) is 3.46. The number of fused-ring (bicyclic) bond motifs is 1. The molecule has 1 heterocycles. The first-order valence-electron chi connectivity index (χ1n) is 4.11. The summed E-state index contributed by atoms with van der Waals surface area (Å²) in [7, 11) is 0. The molecule has 3 heteroatoms. The molecule has 0 saturated carbocycles. The predicted molar refractivity (Wildman–Crippen MR) is 65.6 cm³/mol. The van der Waals surface area contributed by atoms with Gasteiger partial charge in [0.1, 0.15) is 5.75 Å². The number of aromatic hydroxyl groups is 1. The van der Waals surface area contributed by atoms with E-state index in [0.717, 1.165) is 20.9 Å². The largest absolute Gasteiger partial charge is 0.507 e. The molecule has 1 aromatic heterocycles. The summed E-state index contributed by atoms with van der Waals surface area (Å²) in [5.41, 5.74) is 1.03. The van der Waals surface area contributed by atoms with Crippen molar-refractivity contribution in [2.24, 2.45) is 0 Å². The third-order valence-corrected chi connectivity index (χ3v) is 4.35. The van der Waals surface area contributed by atoms with Crippen LogP contribution in [0.2, 0.25) is 0 Å². The molecule has 0 aliphatic carbocycles. The average Bonchev–Trinajstić information content (AvgIpc) is 2.49. The summed E-state index contributed by atoms with van der Waals surface area (Å²) >= 11 is 3.94. The quantitative estimate of drug-likeness (QED) is 0.795. The molecule has 0 spiro atoms. The van der Waals surface area contributed by atoms with Crippen LogP contribution in [0.25, 0.3) is 10.1 Å². The Morgan fingerprint density at radius 1 is 1.46 bits per heavy atom. The van der Waals surface area contributed by atoms with Gasteiger partial charge < -0.3 is 5.11 Å². The fraction of sp³-hybridized carbons (Fsp3) is 0.200. The van der Waals surface area contributed by atoms with Crippen molar-refractivity contribution >= 4 is 44.0 Å². The van der Waals surface area contributed by atoms with Crippen LogP contribution in [0.3, 0.4) is 0 Å². The Balaban J connectivity index is 2.83. The molecule has 0 aliphatic heterocycles. The maximum absolute atomic E-state index is 9.92. The van der Waals surface area contributed by atoms with Crippen molar-refractivity contribution in [3.63, 3.8) is 0 Å². The standard InChI is InChI=1S/C10H9IOS/c1-2-6-3-4-8-9(10(6)12)7(11)5-13-8/h3-5,12H,2H2,1H3. The van der Waals surface area contributed by atoms with Gasteiger partial charge in [0.2, 0.25) is 0 Å². The fourth-order valence-electron chi connectivity index (χ4n) is 1.40. The summed E-state index contributed by atoms with van der Waals surface area (Å²) in [5.74, 6) is 0.464. The molecule has 0 fully saturated rings. The van der Waals surface area contributed by atoms with Crippen LogP contribution in [0, 0.1) is 3.57 Å². The van der Waals surface area contributed by atoms with E-state index in [2.05, 4.69) is 41.0 Å². The minimum Gasteiger partial charge on any atom is -0.507 e. The zero-order valence-corrected chi connectivity index (χ0v) is 10.1. The van der Waals surface area contributed by atoms with Gasteiger partial charge >= 0.3 is 0 Å². The first-order chi connectivity index (χ1) is 6.24. The highest BCUT2D eigenvalue weighted by molar-refractivity contribution is 14.1. The Labute approximate surface area is 94.5 Å². The van der Waals surface area contributed by atoms with Crippen LogP contribution in [0.5, 0.6) is 5.75 Å². The van der Waals surface area contributed by atoms with Crippen molar-refractivity contribution < 1.29 is 5.11 Å². The molecular formula is C10H9IOS. The highest BCUT2D eigenvalue weighted by atomic mass is 127. The summed E-state index contributed by atoms with van der Waals surface area (Å²) in [6, 6.07) is 4.09. The molecule has 0 unspecified atom stereocenters. The molecule has 1 aromatic carbocycles. The van der Waals surface area contributed by atoms with E-state index in [1.165, 1.54) is 4.70 Å². The molecule has 1 N–H and O–H groups in total. The minimum absolute atomic E-state index is 0.464. The van der Waals surface area contributed by atoms with Crippen LogP contribution < -0.4 is 0 Å². The van der Waals surface area contributed by atoms with Gasteiger partial charge in [-0.05, 0) is 40.6 Å². The maximum Gasteiger partial charge on any atom is 0.128 e. The Hall–Kier alpha value is -0.290. The molecule has 0 aliphatic rings. The number of phenolic OH excluding ortho intramolecular Hbond substituents is 1. The number of thiophene rings is 1. The summed E-state index contributed by atoms with van der Waals surface area (Å²) in [5, 5.41) is 13.0. The summed E-state index contributed by atoms with van der Waals surface area (Å²) in [6.45, 7) is 2.06. The van der Waals surface area contributed by atoms with Gasteiger partial charge in [0.25, 0.3) is 0 Å². The second-order valence-corrected chi connectivity index (χ2v) is 4.96. The maximum atomic E-state index is 9.92. The minimum atomic E-state index is 0.464. The van der Waals surface area contributed by atoms with Crippen LogP contribution in [0.4, 0.5) is 0 Å². The van der Waals surface area contributed by atoms with Crippen molar-refractivity contribution in [1.29, 1.82) is 0 Å². The van der Waals surface area contributed by atoms with E-state index in [9.17, 15) is 5.11 Å². The molecule has 0 saturated heterocycles. The van der Waals surface area contributed by atoms with Crippen molar-refractivity contribution in [3.8, 4) is 5.75 Å². The Kier molecular flexibility index (Phi) is 2.47. The van der Waals surface area contributed by atoms with Gasteiger partial charge in [0.15, 0.2) is 0 Å². The number of hydrogen-bond donors (Lipinski definition) is 1. The first kappa shape index (κ1) is 9.27. The highest BCUT2D eigenvalue weighted by Gasteiger charge is 2.09. The molecule has 13 heavy (non-hydrogen) atoms. The zero-order chi connectivity index (χ0) is 9.42. The molecule has 1 nitrogen and oxygen atoms in total. The van der Waals surface area contributed by atoms with Crippen molar-refractivity contribution in [3.05, 3.63) is 26.6 Å². The van der Waals surface area contributed by atoms with Gasteiger partial charge in [-0.15, -0.1) is 11.3 Å².